The Morgan fingerprint density at radius 3 is 3.11 bits per heavy atom. The number of fused-ring (bicyclic) bond motifs is 1. The fourth-order valence-corrected chi connectivity index (χ4v) is 2.97. The van der Waals surface area contributed by atoms with Gasteiger partial charge in [-0.2, -0.15) is 10.3 Å². The third-order valence-electron chi connectivity index (χ3n) is 2.78. The Labute approximate surface area is 112 Å². The number of carbonyl (C=O) groups is 2. The lowest BCUT2D eigenvalue weighted by Crippen LogP contribution is -2.26. The molecule has 1 unspecified atom stereocenters. The highest BCUT2D eigenvalue weighted by Crippen LogP contribution is 2.29. The van der Waals surface area contributed by atoms with Gasteiger partial charge in [0.1, 0.15) is 6.33 Å². The molecule has 2 aromatic heterocycles. The molecule has 3 rings (SSSR count). The van der Waals surface area contributed by atoms with Gasteiger partial charge in [0.25, 0.3) is 0 Å². The highest BCUT2D eigenvalue weighted by Gasteiger charge is 2.34. The summed E-state index contributed by atoms with van der Waals surface area (Å²) in [6, 6.07) is 0. The Balaban J connectivity index is 1.92. The fraction of sp³-hybridized carbons (Fsp3) is 0.400. The van der Waals surface area contributed by atoms with Crippen molar-refractivity contribution in [2.24, 2.45) is 0 Å². The van der Waals surface area contributed by atoms with Gasteiger partial charge in [-0.25, -0.2) is 9.97 Å². The molecule has 8 nitrogen and oxygen atoms in total. The number of thioether (sulfide) groups is 1. The minimum atomic E-state index is -0.0678. The van der Waals surface area contributed by atoms with E-state index >= 15 is 0 Å². The summed E-state index contributed by atoms with van der Waals surface area (Å²) in [5.41, 5.74) is 0.879. The number of hydrogen-bond acceptors (Lipinski definition) is 7. The molecule has 1 saturated heterocycles. The van der Waals surface area contributed by atoms with Crippen molar-refractivity contribution in [3.05, 3.63) is 6.33 Å². The van der Waals surface area contributed by atoms with Crippen molar-refractivity contribution >= 4 is 39.8 Å². The summed E-state index contributed by atoms with van der Waals surface area (Å²) >= 11 is 1.18. The number of aromatic nitrogens is 5. The molecular weight excluding hydrogens is 268 g/mol. The maximum atomic E-state index is 12.0. The molecule has 98 valence electrons. The molecule has 1 N–H and O–H groups in total. The van der Waals surface area contributed by atoms with E-state index in [1.54, 1.807) is 0 Å². The molecule has 3 heterocycles. The number of carbonyl (C=O) groups excluding carboxylic acids is 2. The van der Waals surface area contributed by atoms with E-state index in [1.165, 1.54) is 29.9 Å². The average Bonchev–Trinajstić information content (AvgIpc) is 2.94. The van der Waals surface area contributed by atoms with E-state index in [-0.39, 0.29) is 16.3 Å². The van der Waals surface area contributed by atoms with Crippen LogP contribution >= 0.6 is 11.8 Å². The quantitative estimate of drug-likeness (QED) is 0.832. The van der Waals surface area contributed by atoms with Crippen molar-refractivity contribution in [1.82, 2.24) is 25.4 Å². The molecule has 1 aliphatic heterocycles. The molecule has 0 spiro atoms. The van der Waals surface area contributed by atoms with E-state index in [1.807, 2.05) is 0 Å². The van der Waals surface area contributed by atoms with Crippen LogP contribution in [-0.2, 0) is 9.59 Å². The molecule has 2 aromatic rings. The smallest absolute Gasteiger partial charge is 0.229 e. The van der Waals surface area contributed by atoms with E-state index in [4.69, 9.17) is 0 Å². The van der Waals surface area contributed by atoms with Gasteiger partial charge in [-0.05, 0) is 0 Å². The fourth-order valence-electron chi connectivity index (χ4n) is 2.06. The number of anilines is 1. The molecule has 0 aliphatic carbocycles. The largest absolute Gasteiger partial charge is 0.294 e. The second-order valence-corrected chi connectivity index (χ2v) is 5.61. The van der Waals surface area contributed by atoms with Crippen molar-refractivity contribution in [2.45, 2.75) is 18.6 Å². The van der Waals surface area contributed by atoms with Gasteiger partial charge in [0.15, 0.2) is 16.4 Å². The first-order valence-electron chi connectivity index (χ1n) is 5.64. The van der Waals surface area contributed by atoms with E-state index in [0.717, 1.165) is 0 Å². The van der Waals surface area contributed by atoms with Gasteiger partial charge in [0, 0.05) is 25.1 Å². The van der Waals surface area contributed by atoms with E-state index < -0.39 is 0 Å². The SMILES string of the molecule is CC(=O)SC1CC(=O)N(c2ncnc3n[nH]nc23)C1. The zero-order chi connectivity index (χ0) is 13.4. The van der Waals surface area contributed by atoms with Crippen LogP contribution in [-0.4, -0.2) is 48.2 Å². The number of H-pyrrole nitrogens is 1. The Morgan fingerprint density at radius 2 is 2.32 bits per heavy atom. The van der Waals surface area contributed by atoms with Gasteiger partial charge >= 0.3 is 0 Å². The van der Waals surface area contributed by atoms with E-state index in [2.05, 4.69) is 25.4 Å². The van der Waals surface area contributed by atoms with Crippen molar-refractivity contribution in [2.75, 3.05) is 11.4 Å². The summed E-state index contributed by atoms with van der Waals surface area (Å²) < 4.78 is 0. The second kappa shape index (κ2) is 4.57. The van der Waals surface area contributed by atoms with Crippen molar-refractivity contribution in [3.63, 3.8) is 0 Å². The summed E-state index contributed by atoms with van der Waals surface area (Å²) in [5.74, 6) is 0.372. The van der Waals surface area contributed by atoms with Gasteiger partial charge in [-0.3, -0.25) is 14.5 Å². The van der Waals surface area contributed by atoms with Gasteiger partial charge < -0.3 is 0 Å². The normalized spacial score (nSPS) is 19.3. The van der Waals surface area contributed by atoms with Crippen LogP contribution in [0.2, 0.25) is 0 Å². The molecule has 1 aliphatic rings. The Morgan fingerprint density at radius 1 is 1.47 bits per heavy atom. The maximum Gasteiger partial charge on any atom is 0.229 e. The summed E-state index contributed by atoms with van der Waals surface area (Å²) in [5, 5.41) is 10.2. The zero-order valence-electron chi connectivity index (χ0n) is 10.0. The Hall–Kier alpha value is -2.03. The third kappa shape index (κ3) is 2.16. The molecule has 0 bridgehead atoms. The predicted octanol–water partition coefficient (Wildman–Crippen LogP) is 0.133. The predicted molar refractivity (Wildman–Crippen MR) is 68.5 cm³/mol. The summed E-state index contributed by atoms with van der Waals surface area (Å²) in [6.07, 6.45) is 1.67. The lowest BCUT2D eigenvalue weighted by molar-refractivity contribution is -0.117. The number of aromatic amines is 1. The summed E-state index contributed by atoms with van der Waals surface area (Å²) in [4.78, 5) is 32.7. The van der Waals surface area contributed by atoms with Crippen LogP contribution in [0.3, 0.4) is 0 Å². The number of nitrogens with zero attached hydrogens (tertiary/aromatic N) is 5. The molecule has 0 saturated carbocycles. The summed E-state index contributed by atoms with van der Waals surface area (Å²) in [6.45, 7) is 1.94. The van der Waals surface area contributed by atoms with Gasteiger partial charge in [0.05, 0.1) is 0 Å². The first-order chi connectivity index (χ1) is 9.15. The van der Waals surface area contributed by atoms with Gasteiger partial charge in [-0.1, -0.05) is 11.8 Å². The van der Waals surface area contributed by atoms with Crippen molar-refractivity contribution in [3.8, 4) is 0 Å². The van der Waals surface area contributed by atoms with Crippen LogP contribution in [0.15, 0.2) is 6.33 Å². The lowest BCUT2D eigenvalue weighted by Gasteiger charge is -2.14. The van der Waals surface area contributed by atoms with Crippen LogP contribution in [0, 0.1) is 0 Å². The topological polar surface area (TPSA) is 105 Å². The molecule has 0 aromatic carbocycles. The third-order valence-corrected chi connectivity index (χ3v) is 3.76. The molecule has 0 radical (unpaired) electrons. The zero-order valence-corrected chi connectivity index (χ0v) is 10.8. The Bertz CT molecular complexity index is 656. The van der Waals surface area contributed by atoms with Crippen molar-refractivity contribution in [1.29, 1.82) is 0 Å². The Kier molecular flexibility index (Phi) is 2.90. The minimum Gasteiger partial charge on any atom is -0.294 e. The standard InChI is InChI=1S/C10H10N6O2S/c1-5(17)19-6-2-7(18)16(3-6)10-8-9(11-4-12-10)14-15-13-8/h4,6H,2-3H2,1H3,(H,11,12,13,14,15). The second-order valence-electron chi connectivity index (χ2n) is 4.13. The number of hydrogen-bond donors (Lipinski definition) is 1. The highest BCUT2D eigenvalue weighted by atomic mass is 32.2. The first kappa shape index (κ1) is 12.0. The molecule has 1 fully saturated rings. The number of rotatable bonds is 2. The summed E-state index contributed by atoms with van der Waals surface area (Å²) in [7, 11) is 0. The van der Waals surface area contributed by atoms with Crippen LogP contribution in [0.4, 0.5) is 5.82 Å². The maximum absolute atomic E-state index is 12.0. The van der Waals surface area contributed by atoms with E-state index in [9.17, 15) is 9.59 Å². The van der Waals surface area contributed by atoms with Crippen LogP contribution < -0.4 is 4.90 Å². The van der Waals surface area contributed by atoms with E-state index in [0.29, 0.717) is 29.9 Å². The number of amides is 1. The first-order valence-corrected chi connectivity index (χ1v) is 6.52. The molecule has 19 heavy (non-hydrogen) atoms. The molecule has 1 atom stereocenters. The van der Waals surface area contributed by atoms with Crippen molar-refractivity contribution < 1.29 is 9.59 Å². The highest BCUT2D eigenvalue weighted by molar-refractivity contribution is 8.14. The van der Waals surface area contributed by atoms with Crippen LogP contribution in [0.5, 0.6) is 0 Å². The molecule has 1 amide bonds. The van der Waals surface area contributed by atoms with Crippen LogP contribution in [0.25, 0.3) is 11.2 Å². The monoisotopic (exact) mass is 278 g/mol. The lowest BCUT2D eigenvalue weighted by atomic mass is 10.4. The minimum absolute atomic E-state index is 0.00826. The molecule has 9 heteroatoms. The van der Waals surface area contributed by atoms with Gasteiger partial charge in [-0.15, -0.1) is 5.10 Å². The number of nitrogens with one attached hydrogen (secondary N) is 1. The van der Waals surface area contributed by atoms with Crippen LogP contribution in [0.1, 0.15) is 13.3 Å². The molecular formula is C10H10N6O2S. The van der Waals surface area contributed by atoms with Gasteiger partial charge in [0.2, 0.25) is 11.6 Å². The average molecular weight is 278 g/mol.